The molecular weight excluding hydrogens is 1660 g/mol. The standard InChI is InChI=1S/C23H20ClFN4O2S.2C20H15ClFN3O2S.C19H14ClFN4O2S/c24-16-4-6-20(27-13-16)28-23(31)21-14(7-10-32-21)12-19(30)17-5-3-15(11-18(17)25)22(26)29-8-1-2-9-29;2*1-11(23)12-2-4-15(16(22)8-12)17(26)9-13-6-7-28-19(13)20(27)25-18-5-3-14(21)10-24-18;20-12-2-4-16(24-9-12)25-19(27)17-10(5-6-28-17)8-15(26)13-3-1-11(18(22)23)7-14(13)21/h3-7,10-11,13,26H,1-2,8-9,12H2,(H,27,28,31);2*2-8,10,23H,9H2,1H3,(H,24,25,27);1-7,9H,8H2,(H3,22,23)(H,24,25,27). The molecule has 1 aliphatic rings. The molecule has 22 nitrogen and oxygen atoms in total. The van der Waals surface area contributed by atoms with E-state index in [0.717, 1.165) is 32.0 Å². The Morgan fingerprint density at radius 3 is 0.871 bits per heavy atom. The highest BCUT2D eigenvalue weighted by atomic mass is 35.5. The lowest BCUT2D eigenvalue weighted by atomic mass is 10.0. The van der Waals surface area contributed by atoms with Crippen molar-refractivity contribution in [3.63, 3.8) is 0 Å². The van der Waals surface area contributed by atoms with Crippen LogP contribution in [0.4, 0.5) is 40.8 Å². The number of amidine groups is 2. The van der Waals surface area contributed by atoms with E-state index in [0.29, 0.717) is 102 Å². The van der Waals surface area contributed by atoms with Crippen LogP contribution in [0.15, 0.2) is 192 Å². The van der Waals surface area contributed by atoms with Crippen LogP contribution in [0.5, 0.6) is 0 Å². The molecule has 0 unspecified atom stereocenters. The van der Waals surface area contributed by atoms with Crippen molar-refractivity contribution in [2.24, 2.45) is 5.73 Å². The minimum absolute atomic E-state index is 0.0556. The lowest BCUT2D eigenvalue weighted by Gasteiger charge is -2.18. The third-order valence-electron chi connectivity index (χ3n) is 17.0. The monoisotopic (exact) mass is 1720 g/mol. The smallest absolute Gasteiger partial charge is 0.267 e. The van der Waals surface area contributed by atoms with Gasteiger partial charge >= 0.3 is 0 Å². The maximum Gasteiger partial charge on any atom is 0.267 e. The summed E-state index contributed by atoms with van der Waals surface area (Å²) in [5.74, 6) is -4.87. The summed E-state index contributed by atoms with van der Waals surface area (Å²) in [7, 11) is 0. The van der Waals surface area contributed by atoms with Crippen LogP contribution in [0, 0.1) is 44.9 Å². The third-order valence-corrected chi connectivity index (χ3v) is 21.8. The van der Waals surface area contributed by atoms with Crippen molar-refractivity contribution < 1.29 is 55.9 Å². The first-order chi connectivity index (χ1) is 55.5. The number of halogens is 8. The predicted molar refractivity (Wildman–Crippen MR) is 447 cm³/mol. The van der Waals surface area contributed by atoms with E-state index in [1.54, 1.807) is 114 Å². The molecule has 8 aromatic heterocycles. The number of amides is 4. The van der Waals surface area contributed by atoms with E-state index in [-0.39, 0.29) is 76.6 Å². The summed E-state index contributed by atoms with van der Waals surface area (Å²) < 4.78 is 57.4. The van der Waals surface area contributed by atoms with E-state index >= 15 is 0 Å². The van der Waals surface area contributed by atoms with E-state index < -0.39 is 70.0 Å². The number of nitrogen functional groups attached to an aromatic ring is 1. The highest BCUT2D eigenvalue weighted by molar-refractivity contribution is 7.13. The van der Waals surface area contributed by atoms with Crippen LogP contribution < -0.4 is 27.0 Å². The lowest BCUT2D eigenvalue weighted by molar-refractivity contribution is 0.0977. The summed E-state index contributed by atoms with van der Waals surface area (Å²) in [5, 5.41) is 49.9. The summed E-state index contributed by atoms with van der Waals surface area (Å²) in [4.78, 5) is 120. The molecule has 1 saturated heterocycles. The highest BCUT2D eigenvalue weighted by Crippen LogP contribution is 2.29. The van der Waals surface area contributed by atoms with Gasteiger partial charge in [0.05, 0.1) is 61.9 Å². The number of carbonyl (C=O) groups is 8. The molecule has 4 aromatic carbocycles. The Balaban J connectivity index is 0.000000164. The van der Waals surface area contributed by atoms with E-state index in [9.17, 15) is 55.9 Å². The second kappa shape index (κ2) is 40.3. The number of aromatic nitrogens is 4. The topological polar surface area (TPSA) is 361 Å². The Bertz CT molecular complexity index is 5360. The Labute approximate surface area is 696 Å². The van der Waals surface area contributed by atoms with Crippen LogP contribution >= 0.6 is 91.8 Å². The number of Topliss-reactive ketones (excluding diaryl/α,β-unsaturated/α-hetero) is 4. The number of likely N-dealkylation sites (tertiary alicyclic amines) is 1. The molecule has 12 aromatic rings. The minimum Gasteiger partial charge on any atom is -0.384 e. The van der Waals surface area contributed by atoms with Gasteiger partial charge in [0.1, 0.15) is 58.2 Å². The van der Waals surface area contributed by atoms with Crippen molar-refractivity contribution in [1.82, 2.24) is 24.8 Å². The van der Waals surface area contributed by atoms with Gasteiger partial charge in [0.15, 0.2) is 23.1 Å². The molecule has 1 aliphatic heterocycles. The number of pyridine rings is 4. The summed E-state index contributed by atoms with van der Waals surface area (Å²) in [5.41, 5.74) is 8.92. The number of carbonyl (C=O) groups excluding carboxylic acids is 8. The largest absolute Gasteiger partial charge is 0.384 e. The van der Waals surface area contributed by atoms with Crippen LogP contribution in [-0.4, -0.2) is 108 Å². The molecule has 0 aliphatic carbocycles. The average molecular weight is 1720 g/mol. The van der Waals surface area contributed by atoms with Crippen LogP contribution in [0.3, 0.4) is 0 Å². The van der Waals surface area contributed by atoms with Crippen molar-refractivity contribution in [2.75, 3.05) is 34.4 Å². The second-order valence-electron chi connectivity index (χ2n) is 25.2. The maximum atomic E-state index is 14.7. The summed E-state index contributed by atoms with van der Waals surface area (Å²) in [6, 6.07) is 35.5. The van der Waals surface area contributed by atoms with Crippen molar-refractivity contribution in [1.29, 1.82) is 21.6 Å². The van der Waals surface area contributed by atoms with Gasteiger partial charge in [0, 0.05) is 86.1 Å². The fourth-order valence-corrected chi connectivity index (χ4v) is 14.8. The lowest BCUT2D eigenvalue weighted by Crippen LogP contribution is -2.27. The summed E-state index contributed by atoms with van der Waals surface area (Å²) in [6.07, 6.45) is 7.22. The van der Waals surface area contributed by atoms with Crippen molar-refractivity contribution in [2.45, 2.75) is 52.4 Å². The number of ketones is 4. The molecular formula is C82H64Cl4F4N14O8S4. The predicted octanol–water partition coefficient (Wildman–Crippen LogP) is 18.9. The van der Waals surface area contributed by atoms with Crippen LogP contribution in [0.2, 0.25) is 20.1 Å². The minimum atomic E-state index is -0.760. The van der Waals surface area contributed by atoms with Crippen LogP contribution in [0.1, 0.15) is 151 Å². The number of anilines is 4. The molecule has 9 heterocycles. The number of nitrogens with zero attached hydrogens (tertiary/aromatic N) is 5. The van der Waals surface area contributed by atoms with Gasteiger partial charge in [-0.25, -0.2) is 37.5 Å². The van der Waals surface area contributed by atoms with E-state index in [1.807, 2.05) is 4.90 Å². The number of nitrogens with two attached hydrogens (primary N) is 1. The molecule has 0 saturated carbocycles. The molecule has 34 heteroatoms. The Morgan fingerprint density at radius 1 is 0.379 bits per heavy atom. The third kappa shape index (κ3) is 23.4. The van der Waals surface area contributed by atoms with Crippen LogP contribution in [-0.2, 0) is 25.7 Å². The van der Waals surface area contributed by atoms with Gasteiger partial charge < -0.3 is 42.7 Å². The first-order valence-corrected chi connectivity index (χ1v) is 39.6. The fourth-order valence-electron chi connectivity index (χ4n) is 11.1. The number of thiophene rings is 4. The molecule has 0 bridgehead atoms. The van der Waals surface area contributed by atoms with Gasteiger partial charge in [-0.05, 0) is 203 Å². The van der Waals surface area contributed by atoms with Crippen molar-refractivity contribution in [3.05, 3.63) is 322 Å². The van der Waals surface area contributed by atoms with Gasteiger partial charge in [-0.3, -0.25) is 49.2 Å². The van der Waals surface area contributed by atoms with E-state index in [1.165, 1.54) is 131 Å². The molecule has 0 spiro atoms. The quantitative estimate of drug-likeness (QED) is 0.0118. The first-order valence-electron chi connectivity index (χ1n) is 34.5. The Hall–Kier alpha value is -12.0. The number of benzene rings is 4. The van der Waals surface area contributed by atoms with E-state index in [4.69, 9.17) is 73.8 Å². The number of hydrogen-bond acceptors (Lipinski definition) is 20. The Kier molecular flexibility index (Phi) is 30.0. The SMILES string of the molecule is CC(=N)c1ccc(C(=O)Cc2ccsc2C(=O)Nc2ccc(Cl)cn2)c(F)c1.CC(=N)c1ccc(C(=O)Cc2ccsc2C(=O)Nc2ccc(Cl)cn2)c(F)c1.N=C(N)c1ccc(C(=O)Cc2ccsc2C(=O)Nc2ccc(Cl)cn2)c(F)c1.N=C(c1ccc(C(=O)Cc2ccsc2C(=O)Nc2ccc(Cl)cn2)c(F)c1)N1CCCC1. The Morgan fingerprint density at radius 2 is 0.629 bits per heavy atom. The first kappa shape index (κ1) is 86.4. The summed E-state index contributed by atoms with van der Waals surface area (Å²) >= 11 is 27.9. The highest BCUT2D eigenvalue weighted by Gasteiger charge is 2.26. The van der Waals surface area contributed by atoms with E-state index in [2.05, 4.69) is 41.2 Å². The molecule has 0 radical (unpaired) electrons. The number of nitrogens with one attached hydrogen (secondary N) is 8. The zero-order chi connectivity index (χ0) is 83.4. The average Bonchev–Trinajstić information content (AvgIpc) is 1.37. The fraction of sp³-hybridized carbons (Fsp3) is 0.122. The number of hydrogen-bond donors (Lipinski definition) is 9. The second-order valence-corrected chi connectivity index (χ2v) is 30.7. The van der Waals surface area contributed by atoms with Gasteiger partial charge in [-0.2, -0.15) is 0 Å². The maximum absolute atomic E-state index is 14.7. The van der Waals surface area contributed by atoms with Gasteiger partial charge in [-0.1, -0.05) is 70.7 Å². The molecule has 4 amide bonds. The van der Waals surface area contributed by atoms with Crippen LogP contribution in [0.25, 0.3) is 0 Å². The van der Waals surface area contributed by atoms with Crippen molar-refractivity contribution >= 4 is 185 Å². The summed E-state index contributed by atoms with van der Waals surface area (Å²) in [6.45, 7) is 4.66. The zero-order valence-electron chi connectivity index (χ0n) is 60.9. The normalized spacial score (nSPS) is 11.3. The number of rotatable bonds is 24. The molecule has 0 atom stereocenters. The van der Waals surface area contributed by atoms with Gasteiger partial charge in [0.2, 0.25) is 0 Å². The zero-order valence-corrected chi connectivity index (χ0v) is 67.2. The van der Waals surface area contributed by atoms with Crippen molar-refractivity contribution in [3.8, 4) is 0 Å². The molecule has 10 N–H and O–H groups in total. The molecule has 13 rings (SSSR count). The molecule has 116 heavy (non-hydrogen) atoms. The van der Waals surface area contributed by atoms with Gasteiger partial charge in [-0.15, -0.1) is 45.3 Å². The molecule has 590 valence electrons. The molecule has 1 fully saturated rings. The van der Waals surface area contributed by atoms with Gasteiger partial charge in [0.25, 0.3) is 23.6 Å².